The van der Waals surface area contributed by atoms with Crippen LogP contribution in [0.2, 0.25) is 19.6 Å². The normalized spacial score (nSPS) is 16.0. The van der Waals surface area contributed by atoms with Gasteiger partial charge >= 0.3 is 0 Å². The highest BCUT2D eigenvalue weighted by atomic mass is 28.4. The van der Waals surface area contributed by atoms with Crippen LogP contribution in [0, 0.1) is 5.92 Å². The highest BCUT2D eigenvalue weighted by molar-refractivity contribution is 6.70. The van der Waals surface area contributed by atoms with E-state index < -0.39 is 8.32 Å². The van der Waals surface area contributed by atoms with E-state index in [1.165, 1.54) is 0 Å². The van der Waals surface area contributed by atoms with Crippen molar-refractivity contribution < 1.29 is 4.43 Å². The van der Waals surface area contributed by atoms with Gasteiger partial charge in [-0.05, 0) is 39.9 Å². The average molecular weight is 212 g/mol. The molecule has 0 aliphatic carbocycles. The highest BCUT2D eigenvalue weighted by Crippen LogP contribution is 2.21. The number of hydrogen-bond acceptors (Lipinski definition) is 1. The van der Waals surface area contributed by atoms with Crippen molar-refractivity contribution in [1.82, 2.24) is 0 Å². The van der Waals surface area contributed by atoms with Crippen LogP contribution in [0.1, 0.15) is 27.2 Å². The minimum atomic E-state index is -1.44. The van der Waals surface area contributed by atoms with Crippen molar-refractivity contribution in [2.45, 2.75) is 46.8 Å². The Kier molecular flexibility index (Phi) is 5.85. The lowest BCUT2D eigenvalue weighted by atomic mass is 10.1. The Morgan fingerprint density at radius 2 is 1.86 bits per heavy atom. The molecule has 1 nitrogen and oxygen atoms in total. The van der Waals surface area contributed by atoms with E-state index in [4.69, 9.17) is 4.43 Å². The summed E-state index contributed by atoms with van der Waals surface area (Å²) in [7, 11) is -1.44. The predicted octanol–water partition coefficient (Wildman–Crippen LogP) is 4.34. The third-order valence-corrected chi connectivity index (χ3v) is 2.77. The quantitative estimate of drug-likeness (QED) is 0.374. The summed E-state index contributed by atoms with van der Waals surface area (Å²) in [6.07, 6.45) is 7.47. The fourth-order valence-electron chi connectivity index (χ4n) is 1.25. The van der Waals surface area contributed by atoms with Gasteiger partial charge in [0.05, 0.1) is 5.76 Å². The molecule has 0 bridgehead atoms. The van der Waals surface area contributed by atoms with Gasteiger partial charge in [-0.15, -0.1) is 0 Å². The fraction of sp³-hybridized carbons (Fsp3) is 0.667. The topological polar surface area (TPSA) is 9.23 Å². The molecule has 0 aromatic carbocycles. The first kappa shape index (κ1) is 13.5. The van der Waals surface area contributed by atoms with E-state index in [0.29, 0.717) is 5.92 Å². The largest absolute Gasteiger partial charge is 0.547 e. The molecule has 0 saturated carbocycles. The van der Waals surface area contributed by atoms with E-state index in [-0.39, 0.29) is 0 Å². The van der Waals surface area contributed by atoms with E-state index in [9.17, 15) is 0 Å². The van der Waals surface area contributed by atoms with Gasteiger partial charge in [0, 0.05) is 5.92 Å². The Morgan fingerprint density at radius 3 is 2.21 bits per heavy atom. The van der Waals surface area contributed by atoms with Gasteiger partial charge in [0.1, 0.15) is 0 Å². The summed E-state index contributed by atoms with van der Waals surface area (Å²) in [5, 5.41) is 0. The molecule has 0 aliphatic heterocycles. The molecule has 0 aromatic heterocycles. The lowest BCUT2D eigenvalue weighted by Gasteiger charge is -2.25. The molecule has 0 spiro atoms. The first-order valence-corrected chi connectivity index (χ1v) is 8.78. The van der Waals surface area contributed by atoms with E-state index in [0.717, 1.165) is 12.2 Å². The third kappa shape index (κ3) is 6.03. The fourth-order valence-corrected chi connectivity index (χ4v) is 2.28. The molecule has 1 atom stereocenters. The monoisotopic (exact) mass is 212 g/mol. The molecule has 82 valence electrons. The Bertz CT molecular complexity index is 211. The zero-order chi connectivity index (χ0) is 11.2. The highest BCUT2D eigenvalue weighted by Gasteiger charge is 2.19. The van der Waals surface area contributed by atoms with Crippen LogP contribution in [0.3, 0.4) is 0 Å². The zero-order valence-corrected chi connectivity index (χ0v) is 11.4. The molecule has 2 heteroatoms. The molecule has 0 fully saturated rings. The van der Waals surface area contributed by atoms with Crippen LogP contribution in [-0.2, 0) is 4.43 Å². The summed E-state index contributed by atoms with van der Waals surface area (Å²) in [6.45, 7) is 13.0. The van der Waals surface area contributed by atoms with Gasteiger partial charge in [0.2, 0.25) is 8.32 Å². The van der Waals surface area contributed by atoms with Crippen LogP contribution in [0.5, 0.6) is 0 Å². The van der Waals surface area contributed by atoms with Crippen molar-refractivity contribution in [2.24, 2.45) is 5.92 Å². The van der Waals surface area contributed by atoms with Crippen LogP contribution < -0.4 is 0 Å². The predicted molar refractivity (Wildman–Crippen MR) is 66.8 cm³/mol. The molecule has 0 unspecified atom stereocenters. The van der Waals surface area contributed by atoms with Crippen LogP contribution in [-0.4, -0.2) is 8.32 Å². The van der Waals surface area contributed by atoms with Crippen molar-refractivity contribution in [3.8, 4) is 0 Å². The minimum Gasteiger partial charge on any atom is -0.547 e. The van der Waals surface area contributed by atoms with E-state index in [1.807, 2.05) is 0 Å². The van der Waals surface area contributed by atoms with Gasteiger partial charge in [-0.2, -0.15) is 0 Å². The van der Waals surface area contributed by atoms with Crippen molar-refractivity contribution in [2.75, 3.05) is 0 Å². The molecule has 0 N–H and O–H groups in total. The molecule has 0 amide bonds. The van der Waals surface area contributed by atoms with Crippen LogP contribution in [0.25, 0.3) is 0 Å². The Morgan fingerprint density at radius 1 is 1.29 bits per heavy atom. The van der Waals surface area contributed by atoms with Gasteiger partial charge < -0.3 is 4.43 Å². The van der Waals surface area contributed by atoms with E-state index >= 15 is 0 Å². The SMILES string of the molecule is C/C=C(\O[Si](C)(C)C)[C@@H](C)C/C=C/C. The number of allylic oxidation sites excluding steroid dienone is 4. The molecule has 0 aromatic rings. The maximum Gasteiger partial charge on any atom is 0.241 e. The second kappa shape index (κ2) is 6.07. The van der Waals surface area contributed by atoms with Crippen LogP contribution in [0.15, 0.2) is 24.0 Å². The molecule has 0 heterocycles. The molecule has 0 radical (unpaired) electrons. The van der Waals surface area contributed by atoms with Crippen molar-refractivity contribution in [3.63, 3.8) is 0 Å². The van der Waals surface area contributed by atoms with Crippen molar-refractivity contribution in [3.05, 3.63) is 24.0 Å². The first-order chi connectivity index (χ1) is 6.40. The maximum absolute atomic E-state index is 6.01. The number of rotatable bonds is 5. The molecule has 0 saturated heterocycles. The number of hydrogen-bond donors (Lipinski definition) is 0. The summed E-state index contributed by atoms with van der Waals surface area (Å²) in [5.41, 5.74) is 0. The molecule has 0 aliphatic rings. The van der Waals surface area contributed by atoms with E-state index in [1.54, 1.807) is 0 Å². The summed E-state index contributed by atoms with van der Waals surface area (Å²) in [6, 6.07) is 0. The summed E-state index contributed by atoms with van der Waals surface area (Å²) in [4.78, 5) is 0. The minimum absolute atomic E-state index is 0.503. The van der Waals surface area contributed by atoms with Gasteiger partial charge in [-0.25, -0.2) is 0 Å². The van der Waals surface area contributed by atoms with E-state index in [2.05, 4.69) is 58.6 Å². The second-order valence-electron chi connectivity index (χ2n) is 4.61. The maximum atomic E-state index is 6.01. The Labute approximate surface area is 90.0 Å². The van der Waals surface area contributed by atoms with Crippen molar-refractivity contribution in [1.29, 1.82) is 0 Å². The van der Waals surface area contributed by atoms with Crippen LogP contribution in [0.4, 0.5) is 0 Å². The summed E-state index contributed by atoms with van der Waals surface area (Å²) < 4.78 is 6.01. The van der Waals surface area contributed by atoms with Gasteiger partial charge in [0.25, 0.3) is 0 Å². The van der Waals surface area contributed by atoms with Crippen molar-refractivity contribution >= 4 is 8.32 Å². The molecular formula is C12H24OSi. The summed E-state index contributed by atoms with van der Waals surface area (Å²) in [5.74, 6) is 1.66. The Balaban J connectivity index is 4.28. The lowest BCUT2D eigenvalue weighted by molar-refractivity contribution is 0.352. The molecule has 14 heavy (non-hydrogen) atoms. The van der Waals surface area contributed by atoms with Gasteiger partial charge in [0.15, 0.2) is 0 Å². The Hall–Kier alpha value is -0.503. The van der Waals surface area contributed by atoms with Gasteiger partial charge in [-0.1, -0.05) is 25.2 Å². The molecular weight excluding hydrogens is 188 g/mol. The first-order valence-electron chi connectivity index (χ1n) is 5.37. The zero-order valence-electron chi connectivity index (χ0n) is 10.4. The average Bonchev–Trinajstić information content (AvgIpc) is 2.08. The smallest absolute Gasteiger partial charge is 0.241 e. The van der Waals surface area contributed by atoms with Gasteiger partial charge in [-0.3, -0.25) is 0 Å². The summed E-state index contributed by atoms with van der Waals surface area (Å²) >= 11 is 0. The standard InChI is InChI=1S/C12H24OSi/c1-7-9-10-11(3)12(8-2)13-14(4,5)6/h7-9,11H,10H2,1-6H3/b9-7+,12-8-/t11-/m0/s1. The van der Waals surface area contributed by atoms with Crippen LogP contribution >= 0.6 is 0 Å². The third-order valence-electron chi connectivity index (χ3n) is 1.92. The lowest BCUT2D eigenvalue weighted by Crippen LogP contribution is -2.26. The molecule has 0 rings (SSSR count). The second-order valence-corrected chi connectivity index (χ2v) is 9.04.